The molecule has 1 amide bonds. The maximum Gasteiger partial charge on any atom is 0.267 e. The molecule has 33 heavy (non-hydrogen) atoms. The molecular formula is C24H17Cl2N5O2. The second kappa shape index (κ2) is 8.69. The van der Waals surface area contributed by atoms with E-state index < -0.39 is 0 Å². The lowest BCUT2D eigenvalue weighted by Gasteiger charge is -2.05. The number of nitrogens with zero attached hydrogens (tertiary/aromatic N) is 4. The van der Waals surface area contributed by atoms with Gasteiger partial charge in [-0.3, -0.25) is 9.20 Å². The van der Waals surface area contributed by atoms with Gasteiger partial charge in [0, 0.05) is 23.8 Å². The second-order valence-electron chi connectivity index (χ2n) is 7.32. The van der Waals surface area contributed by atoms with Crippen LogP contribution in [-0.2, 0) is 6.42 Å². The van der Waals surface area contributed by atoms with Crippen molar-refractivity contribution in [2.45, 2.75) is 6.42 Å². The van der Waals surface area contributed by atoms with Crippen molar-refractivity contribution >= 4 is 34.8 Å². The van der Waals surface area contributed by atoms with Crippen LogP contribution in [0.4, 0.5) is 0 Å². The molecule has 7 nitrogen and oxygen atoms in total. The summed E-state index contributed by atoms with van der Waals surface area (Å²) in [6.07, 6.45) is 2.25. The summed E-state index contributed by atoms with van der Waals surface area (Å²) in [6, 6.07) is 18.4. The second-order valence-corrected chi connectivity index (χ2v) is 8.16. The molecule has 0 aliphatic rings. The number of benzene rings is 2. The van der Waals surface area contributed by atoms with E-state index in [-0.39, 0.29) is 5.91 Å². The highest BCUT2D eigenvalue weighted by Crippen LogP contribution is 2.33. The number of fused-ring (bicyclic) bond motifs is 1. The zero-order valence-electron chi connectivity index (χ0n) is 17.4. The number of hydrogen-bond donors (Lipinski definition) is 1. The number of halogens is 2. The van der Waals surface area contributed by atoms with E-state index in [2.05, 4.69) is 15.5 Å². The molecule has 0 saturated carbocycles. The Morgan fingerprint density at radius 1 is 1.06 bits per heavy atom. The van der Waals surface area contributed by atoms with Crippen LogP contribution in [0.15, 0.2) is 71.3 Å². The monoisotopic (exact) mass is 477 g/mol. The van der Waals surface area contributed by atoms with Crippen LogP contribution >= 0.6 is 23.2 Å². The molecule has 3 heterocycles. The molecule has 0 atom stereocenters. The summed E-state index contributed by atoms with van der Waals surface area (Å²) in [5, 5.41) is 12.1. The summed E-state index contributed by atoms with van der Waals surface area (Å²) in [4.78, 5) is 16.8. The highest BCUT2D eigenvalue weighted by atomic mass is 35.5. The number of hydrogen-bond acceptors (Lipinski definition) is 5. The molecule has 0 radical (unpaired) electrons. The van der Waals surface area contributed by atoms with Crippen molar-refractivity contribution in [3.05, 3.63) is 93.9 Å². The third-order valence-electron chi connectivity index (χ3n) is 5.17. The average Bonchev–Trinajstić information content (AvgIpc) is 3.44. The number of amides is 1. The molecule has 9 heteroatoms. The third-order valence-corrected chi connectivity index (χ3v) is 5.76. The molecule has 5 rings (SSSR count). The first-order chi connectivity index (χ1) is 16.0. The van der Waals surface area contributed by atoms with E-state index in [9.17, 15) is 4.79 Å². The van der Waals surface area contributed by atoms with Gasteiger partial charge in [0.2, 0.25) is 5.89 Å². The molecule has 0 fully saturated rings. The van der Waals surface area contributed by atoms with E-state index in [1.807, 2.05) is 59.1 Å². The van der Waals surface area contributed by atoms with Gasteiger partial charge in [-0.2, -0.15) is 0 Å². The van der Waals surface area contributed by atoms with Crippen molar-refractivity contribution in [1.29, 1.82) is 0 Å². The van der Waals surface area contributed by atoms with Gasteiger partial charge >= 0.3 is 0 Å². The number of carbonyl (C=O) groups is 1. The average molecular weight is 478 g/mol. The quantitative estimate of drug-likeness (QED) is 0.370. The van der Waals surface area contributed by atoms with Crippen LogP contribution in [-0.4, -0.2) is 32.5 Å². The Balaban J connectivity index is 1.54. The predicted molar refractivity (Wildman–Crippen MR) is 127 cm³/mol. The minimum atomic E-state index is -0.258. The lowest BCUT2D eigenvalue weighted by Crippen LogP contribution is -2.18. The van der Waals surface area contributed by atoms with Gasteiger partial charge in [0.05, 0.1) is 17.0 Å². The number of imidazole rings is 1. The Hall–Kier alpha value is -3.68. The zero-order chi connectivity index (χ0) is 22.9. The normalized spacial score (nSPS) is 11.1. The van der Waals surface area contributed by atoms with E-state index in [0.717, 1.165) is 16.8 Å². The van der Waals surface area contributed by atoms with Gasteiger partial charge in [-0.25, -0.2) is 4.98 Å². The van der Waals surface area contributed by atoms with Gasteiger partial charge in [0.25, 0.3) is 11.8 Å². The Morgan fingerprint density at radius 3 is 2.67 bits per heavy atom. The van der Waals surface area contributed by atoms with E-state index in [0.29, 0.717) is 45.2 Å². The molecule has 2 aromatic carbocycles. The minimum Gasteiger partial charge on any atom is -0.419 e. The van der Waals surface area contributed by atoms with E-state index >= 15 is 0 Å². The van der Waals surface area contributed by atoms with Crippen molar-refractivity contribution < 1.29 is 9.21 Å². The van der Waals surface area contributed by atoms with Crippen LogP contribution in [0.5, 0.6) is 0 Å². The highest BCUT2D eigenvalue weighted by Gasteiger charge is 2.21. The standard InChI is InChI=1S/C24H17Cl2N5O2/c1-27-23(32)17-12-14(5-10-18(17)26)13-20-29-30-24(33-20)22-21(15-6-8-16(25)9-7-15)28-19-4-2-3-11-31(19)22/h2-12H,13H2,1H3,(H,27,32). The zero-order valence-corrected chi connectivity index (χ0v) is 18.9. The number of rotatable bonds is 5. The van der Waals surface area contributed by atoms with Crippen molar-refractivity contribution in [2.24, 2.45) is 0 Å². The highest BCUT2D eigenvalue weighted by molar-refractivity contribution is 6.33. The van der Waals surface area contributed by atoms with Gasteiger partial charge in [-0.15, -0.1) is 10.2 Å². The van der Waals surface area contributed by atoms with Crippen molar-refractivity contribution in [2.75, 3.05) is 7.05 Å². The summed E-state index contributed by atoms with van der Waals surface area (Å²) < 4.78 is 7.95. The van der Waals surface area contributed by atoms with Crippen LogP contribution < -0.4 is 5.32 Å². The molecule has 0 aliphatic heterocycles. The lowest BCUT2D eigenvalue weighted by molar-refractivity contribution is 0.0963. The van der Waals surface area contributed by atoms with Crippen molar-refractivity contribution in [1.82, 2.24) is 24.9 Å². The molecule has 0 unspecified atom stereocenters. The van der Waals surface area contributed by atoms with Crippen LogP contribution in [0.2, 0.25) is 10.0 Å². The number of pyridine rings is 1. The summed E-state index contributed by atoms with van der Waals surface area (Å²) >= 11 is 12.2. The fraction of sp³-hybridized carbons (Fsp3) is 0.0833. The lowest BCUT2D eigenvalue weighted by atomic mass is 10.1. The van der Waals surface area contributed by atoms with Gasteiger partial charge < -0.3 is 9.73 Å². The van der Waals surface area contributed by atoms with Gasteiger partial charge in [-0.1, -0.05) is 47.5 Å². The van der Waals surface area contributed by atoms with Gasteiger partial charge in [0.15, 0.2) is 0 Å². The molecular weight excluding hydrogens is 461 g/mol. The molecule has 164 valence electrons. The molecule has 0 spiro atoms. The van der Waals surface area contributed by atoms with Crippen LogP contribution in [0, 0.1) is 0 Å². The van der Waals surface area contributed by atoms with Gasteiger partial charge in [0.1, 0.15) is 17.0 Å². The number of aromatic nitrogens is 4. The van der Waals surface area contributed by atoms with Crippen LogP contribution in [0.1, 0.15) is 21.8 Å². The fourth-order valence-corrected chi connectivity index (χ4v) is 3.92. The maximum absolute atomic E-state index is 12.1. The Morgan fingerprint density at radius 2 is 1.88 bits per heavy atom. The number of carbonyl (C=O) groups excluding carboxylic acids is 1. The molecule has 0 aliphatic carbocycles. The van der Waals surface area contributed by atoms with E-state index in [1.54, 1.807) is 19.2 Å². The SMILES string of the molecule is CNC(=O)c1cc(Cc2nnc(-c3c(-c4ccc(Cl)cc4)nc4ccccn34)o2)ccc1Cl. The smallest absolute Gasteiger partial charge is 0.267 e. The fourth-order valence-electron chi connectivity index (χ4n) is 3.60. The summed E-state index contributed by atoms with van der Waals surface area (Å²) in [6.45, 7) is 0. The first-order valence-corrected chi connectivity index (χ1v) is 10.9. The first-order valence-electron chi connectivity index (χ1n) is 10.1. The summed E-state index contributed by atoms with van der Waals surface area (Å²) in [5.74, 6) is 0.489. The van der Waals surface area contributed by atoms with Gasteiger partial charge in [-0.05, 0) is 42.0 Å². The molecule has 5 aromatic rings. The maximum atomic E-state index is 12.1. The molecule has 1 N–H and O–H groups in total. The minimum absolute atomic E-state index is 0.258. The van der Waals surface area contributed by atoms with E-state index in [1.165, 1.54) is 0 Å². The van der Waals surface area contributed by atoms with Crippen molar-refractivity contribution in [3.8, 4) is 22.8 Å². The van der Waals surface area contributed by atoms with E-state index in [4.69, 9.17) is 32.6 Å². The largest absolute Gasteiger partial charge is 0.419 e. The third kappa shape index (κ3) is 4.08. The summed E-state index contributed by atoms with van der Waals surface area (Å²) in [5.41, 5.74) is 4.25. The Kier molecular flexibility index (Phi) is 5.58. The summed E-state index contributed by atoms with van der Waals surface area (Å²) in [7, 11) is 1.56. The predicted octanol–water partition coefficient (Wildman–Crippen LogP) is 5.31. The van der Waals surface area contributed by atoms with Crippen LogP contribution in [0.3, 0.4) is 0 Å². The topological polar surface area (TPSA) is 85.3 Å². The Bertz CT molecular complexity index is 1470. The number of nitrogens with one attached hydrogen (secondary N) is 1. The molecule has 0 saturated heterocycles. The van der Waals surface area contributed by atoms with Crippen LogP contribution in [0.25, 0.3) is 28.5 Å². The van der Waals surface area contributed by atoms with Crippen molar-refractivity contribution in [3.63, 3.8) is 0 Å². The first kappa shape index (κ1) is 21.2. The Labute approximate surface area is 199 Å². The molecule has 3 aromatic heterocycles. The molecule has 0 bridgehead atoms.